The van der Waals surface area contributed by atoms with Gasteiger partial charge in [-0.15, -0.1) is 13.2 Å². The van der Waals surface area contributed by atoms with Crippen molar-refractivity contribution in [1.29, 1.82) is 5.26 Å². The van der Waals surface area contributed by atoms with Crippen molar-refractivity contribution in [3.05, 3.63) is 54.1 Å². The maximum Gasteiger partial charge on any atom is 0.573 e. The fourth-order valence-electron chi connectivity index (χ4n) is 1.69. The molecule has 2 aromatic rings. The van der Waals surface area contributed by atoms with E-state index in [-0.39, 0.29) is 5.69 Å². The molecule has 0 heterocycles. The Morgan fingerprint density at radius 2 is 1.70 bits per heavy atom. The number of urea groups is 1. The average Bonchev–Trinajstić information content (AvgIpc) is 2.46. The van der Waals surface area contributed by atoms with E-state index in [1.54, 1.807) is 0 Å². The van der Waals surface area contributed by atoms with Crippen LogP contribution in [0.1, 0.15) is 5.56 Å². The Bertz CT molecular complexity index is 737. The molecule has 0 spiro atoms. The lowest BCUT2D eigenvalue weighted by atomic mass is 10.2. The van der Waals surface area contributed by atoms with Crippen LogP contribution in [0, 0.1) is 11.3 Å². The highest BCUT2D eigenvalue weighted by molar-refractivity contribution is 5.99. The molecule has 0 aromatic heterocycles. The summed E-state index contributed by atoms with van der Waals surface area (Å²) in [7, 11) is 0. The number of carbonyl (C=O) groups excluding carboxylic acids is 1. The van der Waals surface area contributed by atoms with Gasteiger partial charge in [-0.1, -0.05) is 6.07 Å². The summed E-state index contributed by atoms with van der Waals surface area (Å²) < 4.78 is 40.2. The van der Waals surface area contributed by atoms with Gasteiger partial charge in [0.1, 0.15) is 5.75 Å². The Balaban J connectivity index is 1.99. The van der Waals surface area contributed by atoms with Gasteiger partial charge in [-0.25, -0.2) is 4.79 Å². The van der Waals surface area contributed by atoms with Gasteiger partial charge in [-0.2, -0.15) is 5.26 Å². The normalized spacial score (nSPS) is 10.5. The molecular formula is C15H10F3N3O2. The van der Waals surface area contributed by atoms with Crippen LogP contribution in [0.5, 0.6) is 5.75 Å². The number of nitrogens with zero attached hydrogens (tertiary/aromatic N) is 1. The zero-order valence-electron chi connectivity index (χ0n) is 11.5. The third-order valence-electron chi connectivity index (χ3n) is 2.60. The minimum absolute atomic E-state index is 0.137. The molecule has 2 amide bonds. The van der Waals surface area contributed by atoms with Crippen LogP contribution in [0.15, 0.2) is 48.5 Å². The fourth-order valence-corrected chi connectivity index (χ4v) is 1.69. The minimum Gasteiger partial charge on any atom is -0.406 e. The Morgan fingerprint density at radius 3 is 2.30 bits per heavy atom. The molecule has 2 rings (SSSR count). The van der Waals surface area contributed by atoms with Crippen LogP contribution in [0.25, 0.3) is 0 Å². The Morgan fingerprint density at radius 1 is 1.04 bits per heavy atom. The summed E-state index contributed by atoms with van der Waals surface area (Å²) >= 11 is 0. The molecule has 5 nitrogen and oxygen atoms in total. The largest absolute Gasteiger partial charge is 0.573 e. The standard InChI is InChI=1S/C15H10F3N3O2/c16-15(17,18)23-13-3-1-2-12(8-13)21-14(22)20-11-6-4-10(9-19)5-7-11/h1-8H,(H2,20,21,22). The van der Waals surface area contributed by atoms with E-state index in [0.29, 0.717) is 11.3 Å². The molecule has 0 aliphatic rings. The number of alkyl halides is 3. The second kappa shape index (κ2) is 6.70. The second-order valence-corrected chi connectivity index (χ2v) is 4.34. The van der Waals surface area contributed by atoms with E-state index >= 15 is 0 Å². The van der Waals surface area contributed by atoms with Crippen LogP contribution >= 0.6 is 0 Å². The van der Waals surface area contributed by atoms with Crippen LogP contribution in [-0.2, 0) is 0 Å². The number of rotatable bonds is 3. The summed E-state index contributed by atoms with van der Waals surface area (Å²) in [5, 5.41) is 13.5. The smallest absolute Gasteiger partial charge is 0.406 e. The highest BCUT2D eigenvalue weighted by Gasteiger charge is 2.31. The number of hydrogen-bond donors (Lipinski definition) is 2. The third kappa shape index (κ3) is 5.24. The third-order valence-corrected chi connectivity index (χ3v) is 2.60. The summed E-state index contributed by atoms with van der Waals surface area (Å²) in [6.45, 7) is 0. The monoisotopic (exact) mass is 321 g/mol. The molecule has 2 N–H and O–H groups in total. The van der Waals surface area contributed by atoms with Gasteiger partial charge in [0.25, 0.3) is 0 Å². The number of nitrogens with one attached hydrogen (secondary N) is 2. The lowest BCUT2D eigenvalue weighted by Gasteiger charge is -2.11. The molecule has 0 radical (unpaired) electrons. The topological polar surface area (TPSA) is 74.2 Å². The molecule has 0 fully saturated rings. The van der Waals surface area contributed by atoms with E-state index in [0.717, 1.165) is 12.1 Å². The number of anilines is 2. The van der Waals surface area contributed by atoms with Crippen LogP contribution in [0.2, 0.25) is 0 Å². The molecule has 0 saturated heterocycles. The van der Waals surface area contributed by atoms with E-state index in [4.69, 9.17) is 5.26 Å². The first-order chi connectivity index (χ1) is 10.9. The summed E-state index contributed by atoms with van der Waals surface area (Å²) in [4.78, 5) is 11.8. The number of amides is 2. The molecule has 2 aromatic carbocycles. The maximum absolute atomic E-state index is 12.1. The van der Waals surface area contributed by atoms with Crippen LogP contribution < -0.4 is 15.4 Å². The van der Waals surface area contributed by atoms with Gasteiger partial charge in [0.05, 0.1) is 11.6 Å². The van der Waals surface area contributed by atoms with Gasteiger partial charge in [0.15, 0.2) is 0 Å². The molecule has 0 unspecified atom stereocenters. The van der Waals surface area contributed by atoms with Gasteiger partial charge in [0, 0.05) is 17.4 Å². The van der Waals surface area contributed by atoms with Crippen molar-refractivity contribution in [3.63, 3.8) is 0 Å². The number of benzene rings is 2. The van der Waals surface area contributed by atoms with Gasteiger partial charge in [-0.05, 0) is 36.4 Å². The Kier molecular flexibility index (Phi) is 4.71. The zero-order valence-corrected chi connectivity index (χ0v) is 11.5. The number of carbonyl (C=O) groups is 1. The zero-order chi connectivity index (χ0) is 16.9. The van der Waals surface area contributed by atoms with Gasteiger partial charge >= 0.3 is 12.4 Å². The summed E-state index contributed by atoms with van der Waals surface area (Å²) in [6.07, 6.45) is -4.80. The lowest BCUT2D eigenvalue weighted by Crippen LogP contribution is -2.20. The van der Waals surface area contributed by atoms with Crippen molar-refractivity contribution >= 4 is 17.4 Å². The van der Waals surface area contributed by atoms with Crippen molar-refractivity contribution in [2.75, 3.05) is 10.6 Å². The summed E-state index contributed by atoms with van der Waals surface area (Å²) in [5.74, 6) is -0.436. The van der Waals surface area contributed by atoms with Crippen LogP contribution in [-0.4, -0.2) is 12.4 Å². The molecule has 8 heteroatoms. The lowest BCUT2D eigenvalue weighted by molar-refractivity contribution is -0.274. The molecule has 23 heavy (non-hydrogen) atoms. The van der Waals surface area contributed by atoms with Gasteiger partial charge < -0.3 is 15.4 Å². The number of nitriles is 1. The van der Waals surface area contributed by atoms with Crippen LogP contribution in [0.3, 0.4) is 0 Å². The number of hydrogen-bond acceptors (Lipinski definition) is 3. The first-order valence-electron chi connectivity index (χ1n) is 6.30. The molecule has 0 aliphatic carbocycles. The van der Waals surface area contributed by atoms with Crippen molar-refractivity contribution in [2.24, 2.45) is 0 Å². The highest BCUT2D eigenvalue weighted by atomic mass is 19.4. The maximum atomic E-state index is 12.1. The predicted octanol–water partition coefficient (Wildman–Crippen LogP) is 4.10. The highest BCUT2D eigenvalue weighted by Crippen LogP contribution is 2.25. The number of ether oxygens (including phenoxy) is 1. The Hall–Kier alpha value is -3.21. The molecule has 0 aliphatic heterocycles. The first-order valence-corrected chi connectivity index (χ1v) is 6.30. The molecule has 0 saturated carbocycles. The fraction of sp³-hybridized carbons (Fsp3) is 0.0667. The van der Waals surface area contributed by atoms with E-state index in [1.165, 1.54) is 36.4 Å². The van der Waals surface area contributed by atoms with Crippen molar-refractivity contribution in [3.8, 4) is 11.8 Å². The van der Waals surface area contributed by atoms with Crippen molar-refractivity contribution in [1.82, 2.24) is 0 Å². The molecule has 118 valence electrons. The van der Waals surface area contributed by atoms with E-state index in [1.807, 2.05) is 6.07 Å². The second-order valence-electron chi connectivity index (χ2n) is 4.34. The van der Waals surface area contributed by atoms with E-state index < -0.39 is 18.1 Å². The van der Waals surface area contributed by atoms with E-state index in [9.17, 15) is 18.0 Å². The van der Waals surface area contributed by atoms with Gasteiger partial charge in [-0.3, -0.25) is 0 Å². The van der Waals surface area contributed by atoms with E-state index in [2.05, 4.69) is 15.4 Å². The quantitative estimate of drug-likeness (QED) is 0.893. The van der Waals surface area contributed by atoms with Crippen molar-refractivity contribution in [2.45, 2.75) is 6.36 Å². The van der Waals surface area contributed by atoms with Crippen LogP contribution in [0.4, 0.5) is 29.3 Å². The summed E-state index contributed by atoms with van der Waals surface area (Å²) in [6, 6.07) is 12.3. The van der Waals surface area contributed by atoms with Gasteiger partial charge in [0.2, 0.25) is 0 Å². The predicted molar refractivity (Wildman–Crippen MR) is 76.9 cm³/mol. The SMILES string of the molecule is N#Cc1ccc(NC(=O)Nc2cccc(OC(F)(F)F)c2)cc1. The minimum atomic E-state index is -4.80. The summed E-state index contributed by atoms with van der Waals surface area (Å²) in [5.41, 5.74) is 1.01. The number of halogens is 3. The molecule has 0 atom stereocenters. The molecule has 0 bridgehead atoms. The average molecular weight is 321 g/mol. The molecular weight excluding hydrogens is 311 g/mol. The van der Waals surface area contributed by atoms with Crippen molar-refractivity contribution < 1.29 is 22.7 Å². The Labute approximate surface area is 129 Å². The first kappa shape index (κ1) is 16.2.